The van der Waals surface area contributed by atoms with Gasteiger partial charge in [-0.1, -0.05) is 0 Å². The summed E-state index contributed by atoms with van der Waals surface area (Å²) in [5, 5.41) is 3.33. The van der Waals surface area contributed by atoms with Crippen molar-refractivity contribution < 1.29 is 4.74 Å². The Morgan fingerprint density at radius 1 is 1.58 bits per heavy atom. The second kappa shape index (κ2) is 3.54. The molecule has 0 saturated heterocycles. The van der Waals surface area contributed by atoms with Crippen LogP contribution in [0.1, 0.15) is 5.82 Å². The molecule has 1 rings (SSSR count). The van der Waals surface area contributed by atoms with Gasteiger partial charge in [0.1, 0.15) is 11.6 Å². The van der Waals surface area contributed by atoms with E-state index in [-0.39, 0.29) is 5.82 Å². The Bertz CT molecular complexity index is 331. The molecule has 1 aromatic heterocycles. The summed E-state index contributed by atoms with van der Waals surface area (Å²) in [6, 6.07) is 1.46. The molecule has 62 valence electrons. The molecule has 0 spiro atoms. The van der Waals surface area contributed by atoms with Crippen molar-refractivity contribution in [2.45, 2.75) is 6.92 Å². The summed E-state index contributed by atoms with van der Waals surface area (Å²) in [7, 11) is 1.49. The molecule has 0 aliphatic rings. The topological polar surface area (TPSA) is 83.8 Å². The first-order valence-corrected chi connectivity index (χ1v) is 3.21. The summed E-state index contributed by atoms with van der Waals surface area (Å²) in [5.41, 5.74) is 8.13. The van der Waals surface area contributed by atoms with Crippen LogP contribution in [0.3, 0.4) is 0 Å². The molecule has 6 nitrogen and oxygen atoms in total. The first-order valence-electron chi connectivity index (χ1n) is 3.21. The second-order valence-electron chi connectivity index (χ2n) is 2.01. The van der Waals surface area contributed by atoms with E-state index in [0.717, 1.165) is 0 Å². The lowest BCUT2D eigenvalue weighted by Crippen LogP contribution is -1.91. The van der Waals surface area contributed by atoms with E-state index in [1.807, 2.05) is 0 Å². The van der Waals surface area contributed by atoms with Gasteiger partial charge >= 0.3 is 0 Å². The van der Waals surface area contributed by atoms with Gasteiger partial charge in [0.2, 0.25) is 5.88 Å². The van der Waals surface area contributed by atoms with Crippen molar-refractivity contribution in [2.75, 3.05) is 7.11 Å². The SMILES string of the molecule is COc1cc(N=[N+]=[N-])nc(C)n1. The van der Waals surface area contributed by atoms with Gasteiger partial charge in [-0.3, -0.25) is 0 Å². The molecule has 1 heterocycles. The van der Waals surface area contributed by atoms with Gasteiger partial charge < -0.3 is 4.74 Å². The number of aryl methyl sites for hydroxylation is 1. The molecular weight excluding hydrogens is 158 g/mol. The van der Waals surface area contributed by atoms with Crippen molar-refractivity contribution >= 4 is 5.82 Å². The predicted molar refractivity (Wildman–Crippen MR) is 42.1 cm³/mol. The Morgan fingerprint density at radius 2 is 2.33 bits per heavy atom. The minimum Gasteiger partial charge on any atom is -0.481 e. The van der Waals surface area contributed by atoms with E-state index in [2.05, 4.69) is 20.0 Å². The maximum absolute atomic E-state index is 8.13. The van der Waals surface area contributed by atoms with Crippen molar-refractivity contribution in [3.63, 3.8) is 0 Å². The summed E-state index contributed by atoms with van der Waals surface area (Å²) in [4.78, 5) is 10.4. The molecule has 0 aliphatic carbocycles. The number of rotatable bonds is 2. The van der Waals surface area contributed by atoms with Gasteiger partial charge in [-0.05, 0) is 17.6 Å². The summed E-state index contributed by atoms with van der Waals surface area (Å²) >= 11 is 0. The van der Waals surface area contributed by atoms with Crippen LogP contribution in [0, 0.1) is 6.92 Å². The third-order valence-electron chi connectivity index (χ3n) is 1.16. The van der Waals surface area contributed by atoms with Crippen molar-refractivity contribution in [3.05, 3.63) is 22.3 Å². The summed E-state index contributed by atoms with van der Waals surface area (Å²) < 4.78 is 4.85. The molecule has 6 heteroatoms. The Morgan fingerprint density at radius 3 is 2.92 bits per heavy atom. The van der Waals surface area contributed by atoms with E-state index in [1.165, 1.54) is 13.2 Å². The molecule has 0 aliphatic heterocycles. The number of ether oxygens (including phenoxy) is 1. The molecule has 0 aromatic carbocycles. The van der Waals surface area contributed by atoms with Crippen molar-refractivity contribution in [1.29, 1.82) is 0 Å². The van der Waals surface area contributed by atoms with Crippen LogP contribution in [0.15, 0.2) is 11.2 Å². The van der Waals surface area contributed by atoms with Gasteiger partial charge in [0.25, 0.3) is 0 Å². The fourth-order valence-electron chi connectivity index (χ4n) is 0.727. The zero-order valence-electron chi connectivity index (χ0n) is 6.72. The van der Waals surface area contributed by atoms with Crippen LogP contribution in [0.2, 0.25) is 0 Å². The highest BCUT2D eigenvalue weighted by Crippen LogP contribution is 2.14. The number of nitrogens with zero attached hydrogens (tertiary/aromatic N) is 5. The molecule has 12 heavy (non-hydrogen) atoms. The number of aromatic nitrogens is 2. The zero-order valence-corrected chi connectivity index (χ0v) is 6.72. The van der Waals surface area contributed by atoms with Gasteiger partial charge in [-0.25, -0.2) is 4.98 Å². The Labute approximate surface area is 68.8 Å². The first kappa shape index (κ1) is 8.29. The quantitative estimate of drug-likeness (QED) is 0.380. The van der Waals surface area contributed by atoms with E-state index >= 15 is 0 Å². The third-order valence-corrected chi connectivity index (χ3v) is 1.16. The molecule has 0 saturated carbocycles. The van der Waals surface area contributed by atoms with Gasteiger partial charge in [-0.2, -0.15) is 4.98 Å². The number of hydrogen-bond donors (Lipinski definition) is 0. The lowest BCUT2D eigenvalue weighted by Gasteiger charge is -1.99. The normalized spacial score (nSPS) is 8.83. The Kier molecular flexibility index (Phi) is 2.45. The van der Waals surface area contributed by atoms with E-state index in [0.29, 0.717) is 11.7 Å². The summed E-state index contributed by atoms with van der Waals surface area (Å²) in [6.45, 7) is 1.69. The highest BCUT2D eigenvalue weighted by Gasteiger charge is 1.98. The molecule has 0 atom stereocenters. The van der Waals surface area contributed by atoms with Crippen LogP contribution in [0.25, 0.3) is 10.4 Å². The van der Waals surface area contributed by atoms with E-state index in [4.69, 9.17) is 10.3 Å². The lowest BCUT2D eigenvalue weighted by atomic mass is 10.5. The smallest absolute Gasteiger partial charge is 0.216 e. The summed E-state index contributed by atoms with van der Waals surface area (Å²) in [6.07, 6.45) is 0. The highest BCUT2D eigenvalue weighted by atomic mass is 16.5. The first-order chi connectivity index (χ1) is 5.76. The third kappa shape index (κ3) is 1.83. The van der Waals surface area contributed by atoms with Gasteiger partial charge in [-0.15, -0.1) is 0 Å². The van der Waals surface area contributed by atoms with Crippen molar-refractivity contribution in [3.8, 4) is 5.88 Å². The van der Waals surface area contributed by atoms with Crippen LogP contribution >= 0.6 is 0 Å². The predicted octanol–water partition coefficient (Wildman–Crippen LogP) is 1.74. The van der Waals surface area contributed by atoms with Crippen LogP contribution in [0.5, 0.6) is 5.88 Å². The van der Waals surface area contributed by atoms with Gasteiger partial charge in [0.15, 0.2) is 0 Å². The van der Waals surface area contributed by atoms with E-state index in [9.17, 15) is 0 Å². The molecule has 0 fully saturated rings. The van der Waals surface area contributed by atoms with Crippen LogP contribution in [-0.2, 0) is 0 Å². The molecule has 0 N–H and O–H groups in total. The minimum absolute atomic E-state index is 0.266. The Balaban J connectivity index is 3.14. The van der Waals surface area contributed by atoms with E-state index in [1.54, 1.807) is 6.92 Å². The largest absolute Gasteiger partial charge is 0.481 e. The molecule has 0 bridgehead atoms. The van der Waals surface area contributed by atoms with Crippen LogP contribution in [-0.4, -0.2) is 17.1 Å². The molecule has 0 amide bonds. The highest BCUT2D eigenvalue weighted by molar-refractivity contribution is 5.31. The van der Waals surface area contributed by atoms with Gasteiger partial charge in [0, 0.05) is 11.0 Å². The molecule has 0 radical (unpaired) electrons. The fourth-order valence-corrected chi connectivity index (χ4v) is 0.727. The van der Waals surface area contributed by atoms with Crippen LogP contribution in [0.4, 0.5) is 5.82 Å². The van der Waals surface area contributed by atoms with Crippen molar-refractivity contribution in [2.24, 2.45) is 5.11 Å². The molecular formula is C6H7N5O. The Hall–Kier alpha value is -1.81. The fraction of sp³-hybridized carbons (Fsp3) is 0.333. The lowest BCUT2D eigenvalue weighted by molar-refractivity contribution is 0.396. The minimum atomic E-state index is 0.266. The number of methoxy groups -OCH3 is 1. The average Bonchev–Trinajstić information content (AvgIpc) is 2.04. The number of hydrogen-bond acceptors (Lipinski definition) is 4. The summed E-state index contributed by atoms with van der Waals surface area (Å²) in [5.74, 6) is 1.17. The maximum Gasteiger partial charge on any atom is 0.216 e. The van der Waals surface area contributed by atoms with Crippen LogP contribution < -0.4 is 4.74 Å². The van der Waals surface area contributed by atoms with Gasteiger partial charge in [0.05, 0.1) is 7.11 Å². The molecule has 0 unspecified atom stereocenters. The maximum atomic E-state index is 8.13. The average molecular weight is 165 g/mol. The van der Waals surface area contributed by atoms with E-state index < -0.39 is 0 Å². The zero-order chi connectivity index (χ0) is 8.97. The standard InChI is InChI=1S/C6H7N5O/c1-4-8-5(10-11-7)3-6(9-4)12-2/h3H,1-2H3. The molecule has 1 aromatic rings. The second-order valence-corrected chi connectivity index (χ2v) is 2.01. The van der Waals surface area contributed by atoms with Crippen molar-refractivity contribution in [1.82, 2.24) is 9.97 Å². The monoisotopic (exact) mass is 165 g/mol. The number of azide groups is 1.